The zero-order valence-corrected chi connectivity index (χ0v) is 11.2. The summed E-state index contributed by atoms with van der Waals surface area (Å²) in [5, 5.41) is 0. The molecule has 0 spiro atoms. The van der Waals surface area contributed by atoms with Gasteiger partial charge in [0.2, 0.25) is 0 Å². The van der Waals surface area contributed by atoms with E-state index >= 15 is 0 Å². The summed E-state index contributed by atoms with van der Waals surface area (Å²) in [6, 6.07) is 0.532. The molecule has 1 saturated heterocycles. The van der Waals surface area contributed by atoms with Crippen LogP contribution in [0.1, 0.15) is 33.1 Å². The second kappa shape index (κ2) is 5.52. The van der Waals surface area contributed by atoms with Gasteiger partial charge in [-0.15, -0.1) is 0 Å². The number of piperidine rings is 1. The second-order valence-electron chi connectivity index (χ2n) is 5.08. The molecule has 0 aromatic carbocycles. The van der Waals surface area contributed by atoms with Crippen LogP contribution in [0.5, 0.6) is 0 Å². The molecule has 1 aliphatic heterocycles. The molecular formula is C13H22N4O. The van der Waals surface area contributed by atoms with E-state index < -0.39 is 0 Å². The molecule has 0 aliphatic carbocycles. The molecule has 18 heavy (non-hydrogen) atoms. The Morgan fingerprint density at radius 1 is 1.56 bits per heavy atom. The quantitative estimate of drug-likeness (QED) is 0.868. The van der Waals surface area contributed by atoms with Gasteiger partial charge in [0.1, 0.15) is 0 Å². The first-order valence-corrected chi connectivity index (χ1v) is 6.71. The average molecular weight is 250 g/mol. The lowest BCUT2D eigenvalue weighted by molar-refractivity contribution is 0.425. The maximum absolute atomic E-state index is 12.3. The predicted octanol–water partition coefficient (Wildman–Crippen LogP) is 0.969. The molecule has 2 atom stereocenters. The molecule has 5 heteroatoms. The average Bonchev–Trinajstić information content (AvgIpc) is 2.33. The van der Waals surface area contributed by atoms with Gasteiger partial charge in [-0.3, -0.25) is 4.79 Å². The van der Waals surface area contributed by atoms with E-state index in [0.29, 0.717) is 5.82 Å². The van der Waals surface area contributed by atoms with Crippen molar-refractivity contribution in [3.63, 3.8) is 0 Å². The molecule has 2 heterocycles. The molecule has 2 unspecified atom stereocenters. The molecule has 5 nitrogen and oxygen atoms in total. The number of rotatable bonds is 3. The maximum Gasteiger partial charge on any atom is 0.293 e. The topological polar surface area (TPSA) is 64.2 Å². The van der Waals surface area contributed by atoms with Crippen LogP contribution in [0.3, 0.4) is 0 Å². The zero-order valence-electron chi connectivity index (χ0n) is 11.2. The smallest absolute Gasteiger partial charge is 0.293 e. The number of aryl methyl sites for hydroxylation is 1. The number of aromatic nitrogens is 2. The van der Waals surface area contributed by atoms with E-state index in [4.69, 9.17) is 5.73 Å². The van der Waals surface area contributed by atoms with E-state index in [1.54, 1.807) is 17.0 Å². The van der Waals surface area contributed by atoms with E-state index in [0.717, 1.165) is 32.4 Å². The lowest BCUT2D eigenvalue weighted by atomic mass is 9.99. The molecule has 0 saturated carbocycles. The van der Waals surface area contributed by atoms with E-state index in [9.17, 15) is 4.79 Å². The van der Waals surface area contributed by atoms with Crippen LogP contribution in [-0.4, -0.2) is 28.2 Å². The highest BCUT2D eigenvalue weighted by atomic mass is 16.1. The molecule has 2 N–H and O–H groups in total. The molecule has 0 bridgehead atoms. The van der Waals surface area contributed by atoms with Crippen molar-refractivity contribution in [1.29, 1.82) is 0 Å². The van der Waals surface area contributed by atoms with Crippen molar-refractivity contribution in [1.82, 2.24) is 9.55 Å². The summed E-state index contributed by atoms with van der Waals surface area (Å²) in [7, 11) is 0. The third-order valence-electron chi connectivity index (χ3n) is 3.55. The van der Waals surface area contributed by atoms with E-state index in [1.165, 1.54) is 0 Å². The first-order valence-electron chi connectivity index (χ1n) is 6.71. The highest BCUT2D eigenvalue weighted by Crippen LogP contribution is 2.19. The van der Waals surface area contributed by atoms with Crippen LogP contribution in [-0.2, 0) is 6.54 Å². The molecule has 1 aliphatic rings. The lowest BCUT2D eigenvalue weighted by Crippen LogP contribution is -2.48. The Hall–Kier alpha value is -1.36. The Balaban J connectivity index is 2.28. The predicted molar refractivity (Wildman–Crippen MR) is 72.8 cm³/mol. The van der Waals surface area contributed by atoms with Crippen molar-refractivity contribution in [2.45, 2.75) is 51.7 Å². The van der Waals surface area contributed by atoms with Crippen molar-refractivity contribution in [3.05, 3.63) is 22.7 Å². The fraction of sp³-hybridized carbons (Fsp3) is 0.692. The summed E-state index contributed by atoms with van der Waals surface area (Å²) in [6.07, 6.45) is 6.27. The first-order chi connectivity index (χ1) is 8.63. The van der Waals surface area contributed by atoms with E-state index in [2.05, 4.69) is 23.7 Å². The molecule has 100 valence electrons. The third-order valence-corrected chi connectivity index (χ3v) is 3.55. The van der Waals surface area contributed by atoms with Gasteiger partial charge in [0.15, 0.2) is 5.82 Å². The fourth-order valence-electron chi connectivity index (χ4n) is 2.57. The molecule has 1 fully saturated rings. The maximum atomic E-state index is 12.3. The Labute approximate surface area is 108 Å². The van der Waals surface area contributed by atoms with Crippen LogP contribution in [0, 0.1) is 0 Å². The SMILES string of the molecule is CCCn1ccnc(N2CCC(N)CC2C)c1=O. The molecule has 0 amide bonds. The Morgan fingerprint density at radius 3 is 3.00 bits per heavy atom. The normalized spacial score (nSPS) is 24.3. The molecule has 1 aromatic heterocycles. The largest absolute Gasteiger partial charge is 0.349 e. The van der Waals surface area contributed by atoms with Gasteiger partial charge in [0, 0.05) is 37.6 Å². The highest BCUT2D eigenvalue weighted by molar-refractivity contribution is 5.37. The van der Waals surface area contributed by atoms with Crippen LogP contribution in [0.2, 0.25) is 0 Å². The summed E-state index contributed by atoms with van der Waals surface area (Å²) in [4.78, 5) is 18.7. The van der Waals surface area contributed by atoms with Crippen molar-refractivity contribution < 1.29 is 0 Å². The van der Waals surface area contributed by atoms with Gasteiger partial charge in [-0.2, -0.15) is 0 Å². The van der Waals surface area contributed by atoms with Crippen LogP contribution in [0.25, 0.3) is 0 Å². The minimum Gasteiger partial charge on any atom is -0.349 e. The second-order valence-corrected chi connectivity index (χ2v) is 5.08. The summed E-state index contributed by atoms with van der Waals surface area (Å²) < 4.78 is 1.74. The minimum atomic E-state index is 0.0154. The number of nitrogens with zero attached hydrogens (tertiary/aromatic N) is 3. The number of hydrogen-bond acceptors (Lipinski definition) is 4. The Morgan fingerprint density at radius 2 is 2.33 bits per heavy atom. The van der Waals surface area contributed by atoms with Crippen LogP contribution < -0.4 is 16.2 Å². The summed E-state index contributed by atoms with van der Waals surface area (Å²) in [5.74, 6) is 0.574. The lowest BCUT2D eigenvalue weighted by Gasteiger charge is -2.36. The number of anilines is 1. The molecule has 1 aromatic rings. The monoisotopic (exact) mass is 250 g/mol. The van der Waals surface area contributed by atoms with Crippen LogP contribution in [0.15, 0.2) is 17.2 Å². The number of hydrogen-bond donors (Lipinski definition) is 1. The van der Waals surface area contributed by atoms with E-state index in [1.807, 2.05) is 0 Å². The molecule has 2 rings (SSSR count). The molecule has 0 radical (unpaired) electrons. The molecular weight excluding hydrogens is 228 g/mol. The van der Waals surface area contributed by atoms with Gasteiger partial charge in [0.25, 0.3) is 5.56 Å². The number of nitrogens with two attached hydrogens (primary N) is 1. The van der Waals surface area contributed by atoms with Crippen LogP contribution in [0.4, 0.5) is 5.82 Å². The van der Waals surface area contributed by atoms with Crippen molar-refractivity contribution >= 4 is 5.82 Å². The van der Waals surface area contributed by atoms with E-state index in [-0.39, 0.29) is 17.6 Å². The summed E-state index contributed by atoms with van der Waals surface area (Å²) in [5.41, 5.74) is 5.97. The summed E-state index contributed by atoms with van der Waals surface area (Å²) >= 11 is 0. The summed E-state index contributed by atoms with van der Waals surface area (Å²) in [6.45, 7) is 5.74. The van der Waals surface area contributed by atoms with Crippen LogP contribution >= 0.6 is 0 Å². The van der Waals surface area contributed by atoms with Crippen molar-refractivity contribution in [2.75, 3.05) is 11.4 Å². The minimum absolute atomic E-state index is 0.0154. The van der Waals surface area contributed by atoms with Crippen molar-refractivity contribution in [2.24, 2.45) is 5.73 Å². The van der Waals surface area contributed by atoms with Gasteiger partial charge in [-0.05, 0) is 26.2 Å². The standard InChI is InChI=1S/C13H22N4O/c1-3-6-16-8-5-15-12(13(16)18)17-7-4-11(14)9-10(17)2/h5,8,10-11H,3-4,6-7,9,14H2,1-2H3. The first kappa shape index (κ1) is 13.1. The third kappa shape index (κ3) is 2.56. The zero-order chi connectivity index (χ0) is 13.1. The van der Waals surface area contributed by atoms with Gasteiger partial charge in [-0.1, -0.05) is 6.92 Å². The van der Waals surface area contributed by atoms with Gasteiger partial charge in [0.05, 0.1) is 0 Å². The van der Waals surface area contributed by atoms with Gasteiger partial charge >= 0.3 is 0 Å². The Bertz CT molecular complexity index is 457. The Kier molecular flexibility index (Phi) is 4.01. The van der Waals surface area contributed by atoms with Gasteiger partial charge < -0.3 is 15.2 Å². The van der Waals surface area contributed by atoms with Crippen molar-refractivity contribution in [3.8, 4) is 0 Å². The fourth-order valence-corrected chi connectivity index (χ4v) is 2.57. The highest BCUT2D eigenvalue weighted by Gasteiger charge is 2.26. The van der Waals surface area contributed by atoms with Gasteiger partial charge in [-0.25, -0.2) is 4.98 Å².